The molecule has 1 aliphatic rings. The van der Waals surface area contributed by atoms with Gasteiger partial charge in [0.15, 0.2) is 15.8 Å². The van der Waals surface area contributed by atoms with Gasteiger partial charge >= 0.3 is 0 Å². The van der Waals surface area contributed by atoms with Gasteiger partial charge in [0.05, 0.1) is 10.6 Å². The number of carbonyl (C=O) groups excluding carboxylic acids is 1. The summed E-state index contributed by atoms with van der Waals surface area (Å²) in [6.07, 6.45) is 1.62. The van der Waals surface area contributed by atoms with Crippen molar-refractivity contribution in [3.05, 3.63) is 59.0 Å². The summed E-state index contributed by atoms with van der Waals surface area (Å²) in [6, 6.07) is 13.6. The molecule has 1 fully saturated rings. The van der Waals surface area contributed by atoms with Gasteiger partial charge in [0.25, 0.3) is 5.91 Å². The van der Waals surface area contributed by atoms with Gasteiger partial charge in [-0.25, -0.2) is 5.01 Å². The maximum Gasteiger partial charge on any atom is 0.285 e. The number of carbonyl (C=O) groups is 1. The minimum Gasteiger partial charge on any atom is -0.504 e. The van der Waals surface area contributed by atoms with E-state index in [9.17, 15) is 15.0 Å². The molecule has 0 spiro atoms. The predicted octanol–water partition coefficient (Wildman–Crippen LogP) is 3.33. The summed E-state index contributed by atoms with van der Waals surface area (Å²) >= 11 is 6.40. The molecule has 3 rings (SSSR count). The van der Waals surface area contributed by atoms with E-state index in [2.05, 4.69) is 5.43 Å². The zero-order chi connectivity index (χ0) is 16.4. The third-order valence-corrected chi connectivity index (χ3v) is 4.41. The molecule has 0 radical (unpaired) electrons. The minimum absolute atomic E-state index is 0.208. The highest BCUT2D eigenvalue weighted by Gasteiger charge is 2.32. The van der Waals surface area contributed by atoms with Gasteiger partial charge in [-0.1, -0.05) is 36.0 Å². The van der Waals surface area contributed by atoms with E-state index in [1.54, 1.807) is 12.1 Å². The van der Waals surface area contributed by atoms with Crippen molar-refractivity contribution in [2.45, 2.75) is 0 Å². The largest absolute Gasteiger partial charge is 0.504 e. The zero-order valence-corrected chi connectivity index (χ0v) is 13.4. The Bertz CT molecular complexity index is 806. The Morgan fingerprint density at radius 3 is 2.52 bits per heavy atom. The van der Waals surface area contributed by atoms with Gasteiger partial charge in [0.1, 0.15) is 0 Å². The molecule has 3 N–H and O–H groups in total. The van der Waals surface area contributed by atoms with Crippen LogP contribution in [-0.4, -0.2) is 25.4 Å². The molecule has 0 saturated carbocycles. The average molecular weight is 344 g/mol. The van der Waals surface area contributed by atoms with E-state index in [-0.39, 0.29) is 17.4 Å². The Balaban J connectivity index is 1.83. The number of para-hydroxylation sites is 1. The Kier molecular flexibility index (Phi) is 4.22. The topological polar surface area (TPSA) is 72.8 Å². The molecular formula is C16H12N2O3S2. The summed E-state index contributed by atoms with van der Waals surface area (Å²) in [5, 5.41) is 20.1. The van der Waals surface area contributed by atoms with Crippen LogP contribution in [0.15, 0.2) is 53.4 Å². The highest BCUT2D eigenvalue weighted by molar-refractivity contribution is 8.26. The molecule has 0 unspecified atom stereocenters. The van der Waals surface area contributed by atoms with Crippen molar-refractivity contribution < 1.29 is 15.0 Å². The fourth-order valence-corrected chi connectivity index (χ4v) is 3.17. The van der Waals surface area contributed by atoms with Crippen molar-refractivity contribution in [1.29, 1.82) is 0 Å². The lowest BCUT2D eigenvalue weighted by molar-refractivity contribution is -0.121. The van der Waals surface area contributed by atoms with Gasteiger partial charge in [0, 0.05) is 0 Å². The SMILES string of the molecule is O=C1/C(=C/c2ccc(O)c(O)c2)SC(=S)N1Nc1ccccc1. The van der Waals surface area contributed by atoms with Crippen LogP contribution < -0.4 is 5.43 Å². The molecule has 0 atom stereocenters. The number of hydrogen-bond donors (Lipinski definition) is 3. The van der Waals surface area contributed by atoms with Gasteiger partial charge in [-0.3, -0.25) is 10.2 Å². The Morgan fingerprint density at radius 1 is 1.09 bits per heavy atom. The van der Waals surface area contributed by atoms with E-state index < -0.39 is 0 Å². The summed E-state index contributed by atoms with van der Waals surface area (Å²) < 4.78 is 0.396. The first kappa shape index (κ1) is 15.4. The predicted molar refractivity (Wildman–Crippen MR) is 94.8 cm³/mol. The minimum atomic E-state index is -0.267. The van der Waals surface area contributed by atoms with Crippen LogP contribution in [0.4, 0.5) is 5.69 Å². The molecule has 0 aromatic heterocycles. The van der Waals surface area contributed by atoms with Crippen molar-refractivity contribution in [1.82, 2.24) is 5.01 Å². The summed E-state index contributed by atoms with van der Waals surface area (Å²) in [5.74, 6) is -0.714. The maximum absolute atomic E-state index is 12.5. The van der Waals surface area contributed by atoms with Gasteiger partial charge in [-0.05, 0) is 48.1 Å². The van der Waals surface area contributed by atoms with Crippen molar-refractivity contribution in [2.75, 3.05) is 5.43 Å². The number of phenols is 2. The number of benzene rings is 2. The second-order valence-electron chi connectivity index (χ2n) is 4.74. The van der Waals surface area contributed by atoms with E-state index >= 15 is 0 Å². The maximum atomic E-state index is 12.5. The van der Waals surface area contributed by atoms with Gasteiger partial charge in [-0.2, -0.15) is 0 Å². The van der Waals surface area contributed by atoms with Crippen molar-refractivity contribution >= 4 is 46.0 Å². The number of hydrogen-bond acceptors (Lipinski definition) is 6. The first-order valence-electron chi connectivity index (χ1n) is 6.66. The Morgan fingerprint density at radius 2 is 1.83 bits per heavy atom. The highest BCUT2D eigenvalue weighted by atomic mass is 32.2. The first-order chi connectivity index (χ1) is 11.0. The number of hydrazine groups is 1. The number of phenolic OH excluding ortho intramolecular Hbond substituents is 2. The smallest absolute Gasteiger partial charge is 0.285 e. The average Bonchev–Trinajstić information content (AvgIpc) is 2.80. The number of amides is 1. The third kappa shape index (κ3) is 3.30. The lowest BCUT2D eigenvalue weighted by Gasteiger charge is -2.16. The quantitative estimate of drug-likeness (QED) is 0.451. The standard InChI is InChI=1S/C16H12N2O3S2/c19-12-7-6-10(8-13(12)20)9-14-15(21)18(16(22)23-14)17-11-4-2-1-3-5-11/h1-9,17,19-20H/b14-9-. The van der Waals surface area contributed by atoms with Crippen LogP contribution in [0.1, 0.15) is 5.56 Å². The normalized spacial score (nSPS) is 16.2. The van der Waals surface area contributed by atoms with E-state index in [4.69, 9.17) is 12.2 Å². The summed E-state index contributed by atoms with van der Waals surface area (Å²) in [4.78, 5) is 12.9. The number of rotatable bonds is 3. The zero-order valence-electron chi connectivity index (χ0n) is 11.8. The molecule has 1 amide bonds. The second-order valence-corrected chi connectivity index (χ2v) is 6.42. The molecule has 2 aromatic carbocycles. The molecule has 0 bridgehead atoms. The molecule has 116 valence electrons. The number of anilines is 1. The van der Waals surface area contributed by atoms with Crippen molar-refractivity contribution in [2.24, 2.45) is 0 Å². The first-order valence-corrected chi connectivity index (χ1v) is 7.89. The van der Waals surface area contributed by atoms with Crippen LogP contribution >= 0.6 is 24.0 Å². The molecule has 2 aromatic rings. The molecule has 23 heavy (non-hydrogen) atoms. The number of thiocarbonyl (C=S) groups is 1. The van der Waals surface area contributed by atoms with Gasteiger partial charge in [-0.15, -0.1) is 0 Å². The fourth-order valence-electron chi connectivity index (χ4n) is 1.99. The molecule has 5 nitrogen and oxygen atoms in total. The van der Waals surface area contributed by atoms with Crippen LogP contribution in [-0.2, 0) is 4.79 Å². The third-order valence-electron chi connectivity index (χ3n) is 3.11. The summed E-state index contributed by atoms with van der Waals surface area (Å²) in [5.41, 5.74) is 4.32. The summed E-state index contributed by atoms with van der Waals surface area (Å²) in [7, 11) is 0. The molecule has 1 aliphatic heterocycles. The monoisotopic (exact) mass is 344 g/mol. The van der Waals surface area contributed by atoms with Crippen LogP contribution in [0.3, 0.4) is 0 Å². The van der Waals surface area contributed by atoms with Crippen molar-refractivity contribution in [3.8, 4) is 11.5 Å². The Labute approximate surface area is 142 Å². The van der Waals surface area contributed by atoms with Crippen LogP contribution in [0.2, 0.25) is 0 Å². The molecule has 1 heterocycles. The molecule has 7 heteroatoms. The second kappa shape index (κ2) is 6.31. The van der Waals surface area contributed by atoms with E-state index in [0.29, 0.717) is 14.8 Å². The van der Waals surface area contributed by atoms with Crippen molar-refractivity contribution in [3.63, 3.8) is 0 Å². The van der Waals surface area contributed by atoms with Crippen LogP contribution in [0, 0.1) is 0 Å². The Hall–Kier alpha value is -2.51. The van der Waals surface area contributed by atoms with Gasteiger partial charge < -0.3 is 10.2 Å². The number of thioether (sulfide) groups is 1. The van der Waals surface area contributed by atoms with E-state index in [1.807, 2.05) is 30.3 Å². The fraction of sp³-hybridized carbons (Fsp3) is 0. The highest BCUT2D eigenvalue weighted by Crippen LogP contribution is 2.34. The molecule has 0 aliphatic carbocycles. The van der Waals surface area contributed by atoms with Crippen LogP contribution in [0.5, 0.6) is 11.5 Å². The van der Waals surface area contributed by atoms with E-state index in [0.717, 1.165) is 5.69 Å². The van der Waals surface area contributed by atoms with Gasteiger partial charge in [0.2, 0.25) is 0 Å². The lowest BCUT2D eigenvalue weighted by Crippen LogP contribution is -2.33. The molecule has 1 saturated heterocycles. The molecular weight excluding hydrogens is 332 g/mol. The van der Waals surface area contributed by atoms with E-state index in [1.165, 1.54) is 28.9 Å². The lowest BCUT2D eigenvalue weighted by atomic mass is 10.2. The number of nitrogens with one attached hydrogen (secondary N) is 1. The van der Waals surface area contributed by atoms with Crippen LogP contribution in [0.25, 0.3) is 6.08 Å². The number of aromatic hydroxyl groups is 2. The summed E-state index contributed by atoms with van der Waals surface area (Å²) in [6.45, 7) is 0. The number of nitrogens with zero attached hydrogens (tertiary/aromatic N) is 1.